The van der Waals surface area contributed by atoms with Crippen LogP contribution >= 0.6 is 0 Å². The molecule has 4 amide bonds. The lowest BCUT2D eigenvalue weighted by Gasteiger charge is -2.47. The van der Waals surface area contributed by atoms with Gasteiger partial charge in [-0.15, -0.1) is 0 Å². The fourth-order valence-corrected chi connectivity index (χ4v) is 4.90. The van der Waals surface area contributed by atoms with Gasteiger partial charge in [-0.2, -0.15) is 0 Å². The largest absolute Gasteiger partial charge is 0.399 e. The third kappa shape index (κ3) is 3.37. The Kier molecular flexibility index (Phi) is 5.27. The van der Waals surface area contributed by atoms with Gasteiger partial charge in [0.25, 0.3) is 0 Å². The van der Waals surface area contributed by atoms with Gasteiger partial charge in [-0.25, -0.2) is 9.80 Å². The van der Waals surface area contributed by atoms with E-state index in [1.807, 2.05) is 0 Å². The molecule has 2 aromatic carbocycles. The first kappa shape index (κ1) is 22.5. The minimum atomic E-state index is -1.52. The smallest absolute Gasteiger partial charge is 0.249 e. The summed E-state index contributed by atoms with van der Waals surface area (Å²) < 4.78 is 0. The van der Waals surface area contributed by atoms with Gasteiger partial charge in [-0.3, -0.25) is 19.2 Å². The van der Waals surface area contributed by atoms with Crippen molar-refractivity contribution in [3.8, 4) is 0 Å². The van der Waals surface area contributed by atoms with Crippen molar-refractivity contribution in [2.45, 2.75) is 40.5 Å². The number of aryl methyl sites for hydroxylation is 2. The maximum absolute atomic E-state index is 13.9. The second-order valence-electron chi connectivity index (χ2n) is 9.33. The van der Waals surface area contributed by atoms with Crippen LogP contribution in [0.1, 0.15) is 37.8 Å². The molecule has 2 atom stereocenters. The first-order valence-electron chi connectivity index (χ1n) is 11.0. The van der Waals surface area contributed by atoms with Gasteiger partial charge in [-0.05, 0) is 74.2 Å². The van der Waals surface area contributed by atoms with Gasteiger partial charge in [0, 0.05) is 23.2 Å². The SMILES string of the molecule is Cc1cc(N2C(=O)C(C)CC3(CC(C)C(=O)N(c4ccc(N)c(C)c4)C3=O)C2=O)ccc1N. The van der Waals surface area contributed by atoms with Gasteiger partial charge in [0.2, 0.25) is 23.6 Å². The molecule has 2 aromatic rings. The molecule has 172 valence electrons. The van der Waals surface area contributed by atoms with E-state index in [1.165, 1.54) is 0 Å². The standard InChI is InChI=1S/C25H28N4O4/c1-13-9-17(5-7-19(13)26)28-21(30)15(3)11-25(23(28)32)12-16(4)22(31)29(24(25)33)18-6-8-20(27)14(2)10-18/h5-10,15-16H,11-12,26-27H2,1-4H3. The van der Waals surface area contributed by atoms with E-state index in [0.29, 0.717) is 22.7 Å². The second kappa shape index (κ2) is 7.72. The molecular weight excluding hydrogens is 420 g/mol. The van der Waals surface area contributed by atoms with E-state index in [1.54, 1.807) is 64.1 Å². The molecule has 8 heteroatoms. The van der Waals surface area contributed by atoms with Gasteiger partial charge >= 0.3 is 0 Å². The number of benzene rings is 2. The van der Waals surface area contributed by atoms with Crippen LogP contribution in [0.2, 0.25) is 0 Å². The number of rotatable bonds is 2. The van der Waals surface area contributed by atoms with Crippen LogP contribution < -0.4 is 21.3 Å². The Balaban J connectivity index is 1.83. The average Bonchev–Trinajstić information content (AvgIpc) is 2.76. The number of amides is 4. The first-order valence-corrected chi connectivity index (χ1v) is 11.0. The van der Waals surface area contributed by atoms with Crippen molar-refractivity contribution in [1.82, 2.24) is 0 Å². The Hall–Kier alpha value is -3.68. The summed E-state index contributed by atoms with van der Waals surface area (Å²) in [6, 6.07) is 9.81. The first-order chi connectivity index (χ1) is 15.5. The molecule has 2 aliphatic heterocycles. The average molecular weight is 449 g/mol. The molecule has 2 unspecified atom stereocenters. The molecule has 0 aliphatic carbocycles. The predicted octanol–water partition coefficient (Wildman–Crippen LogP) is 2.95. The zero-order chi connectivity index (χ0) is 24.2. The molecule has 0 bridgehead atoms. The quantitative estimate of drug-likeness (QED) is 0.413. The summed E-state index contributed by atoms with van der Waals surface area (Å²) in [5.74, 6) is -3.11. The molecule has 1 spiro atoms. The van der Waals surface area contributed by atoms with Crippen molar-refractivity contribution in [3.05, 3.63) is 47.5 Å². The topological polar surface area (TPSA) is 127 Å². The molecule has 2 heterocycles. The Morgan fingerprint density at radius 2 is 1.09 bits per heavy atom. The van der Waals surface area contributed by atoms with Crippen LogP contribution in [0.3, 0.4) is 0 Å². The van der Waals surface area contributed by atoms with Crippen molar-refractivity contribution in [2.75, 3.05) is 21.3 Å². The highest BCUT2D eigenvalue weighted by molar-refractivity contribution is 6.32. The number of carbonyl (C=O) groups is 4. The number of piperidine rings is 2. The van der Waals surface area contributed by atoms with E-state index in [4.69, 9.17) is 11.5 Å². The Morgan fingerprint density at radius 3 is 1.42 bits per heavy atom. The summed E-state index contributed by atoms with van der Waals surface area (Å²) in [4.78, 5) is 56.2. The molecule has 0 saturated carbocycles. The van der Waals surface area contributed by atoms with Crippen molar-refractivity contribution in [2.24, 2.45) is 17.3 Å². The molecule has 0 aromatic heterocycles. The van der Waals surface area contributed by atoms with Gasteiger partial charge < -0.3 is 11.5 Å². The number of anilines is 4. The maximum Gasteiger partial charge on any atom is 0.249 e. The highest BCUT2D eigenvalue weighted by atomic mass is 16.2. The van der Waals surface area contributed by atoms with Crippen molar-refractivity contribution >= 4 is 46.4 Å². The number of nitrogen functional groups attached to an aromatic ring is 2. The molecular formula is C25H28N4O4. The van der Waals surface area contributed by atoms with Crippen LogP contribution in [-0.4, -0.2) is 23.6 Å². The van der Waals surface area contributed by atoms with Crippen LogP contribution in [0.15, 0.2) is 36.4 Å². The van der Waals surface area contributed by atoms with E-state index >= 15 is 0 Å². The molecule has 33 heavy (non-hydrogen) atoms. The lowest BCUT2D eigenvalue weighted by Crippen LogP contribution is -2.65. The third-order valence-electron chi connectivity index (χ3n) is 6.84. The van der Waals surface area contributed by atoms with Crippen molar-refractivity contribution in [1.29, 1.82) is 0 Å². The van der Waals surface area contributed by atoms with Crippen molar-refractivity contribution < 1.29 is 19.2 Å². The molecule has 4 N–H and O–H groups in total. The summed E-state index contributed by atoms with van der Waals surface area (Å²) in [5.41, 5.74) is 13.6. The zero-order valence-corrected chi connectivity index (χ0v) is 19.2. The van der Waals surface area contributed by atoms with Crippen LogP contribution in [0.4, 0.5) is 22.7 Å². The number of nitrogens with zero attached hydrogens (tertiary/aromatic N) is 2. The predicted molar refractivity (Wildman–Crippen MR) is 126 cm³/mol. The van der Waals surface area contributed by atoms with Gasteiger partial charge in [0.1, 0.15) is 5.41 Å². The lowest BCUT2D eigenvalue weighted by molar-refractivity contribution is -0.153. The van der Waals surface area contributed by atoms with Gasteiger partial charge in [0.05, 0.1) is 11.4 Å². The Bertz CT molecular complexity index is 1110. The number of hydrogen-bond acceptors (Lipinski definition) is 6. The summed E-state index contributed by atoms with van der Waals surface area (Å²) in [5, 5.41) is 0. The number of nitrogens with two attached hydrogens (primary N) is 2. The minimum Gasteiger partial charge on any atom is -0.399 e. The van der Waals surface area contributed by atoms with Crippen LogP contribution in [-0.2, 0) is 19.2 Å². The van der Waals surface area contributed by atoms with Gasteiger partial charge in [-0.1, -0.05) is 13.8 Å². The number of carbonyl (C=O) groups excluding carboxylic acids is 4. The molecule has 4 rings (SSSR count). The zero-order valence-electron chi connectivity index (χ0n) is 19.2. The maximum atomic E-state index is 13.9. The summed E-state index contributed by atoms with van der Waals surface area (Å²) >= 11 is 0. The fourth-order valence-electron chi connectivity index (χ4n) is 4.90. The van der Waals surface area contributed by atoms with Crippen LogP contribution in [0, 0.1) is 31.1 Å². The lowest BCUT2D eigenvalue weighted by atomic mass is 9.66. The highest BCUT2D eigenvalue weighted by Crippen LogP contribution is 2.47. The monoisotopic (exact) mass is 448 g/mol. The molecule has 2 aliphatic rings. The molecule has 2 saturated heterocycles. The summed E-state index contributed by atoms with van der Waals surface area (Å²) in [6.45, 7) is 6.99. The second-order valence-corrected chi connectivity index (χ2v) is 9.33. The summed E-state index contributed by atoms with van der Waals surface area (Å²) in [6.07, 6.45) is 0.103. The summed E-state index contributed by atoms with van der Waals surface area (Å²) in [7, 11) is 0. The van der Waals surface area contributed by atoms with E-state index in [2.05, 4.69) is 0 Å². The highest BCUT2D eigenvalue weighted by Gasteiger charge is 2.61. The van der Waals surface area contributed by atoms with E-state index in [0.717, 1.165) is 20.9 Å². The van der Waals surface area contributed by atoms with E-state index in [9.17, 15) is 19.2 Å². The molecule has 2 fully saturated rings. The van der Waals surface area contributed by atoms with E-state index < -0.39 is 29.1 Å². The van der Waals surface area contributed by atoms with Crippen molar-refractivity contribution in [3.63, 3.8) is 0 Å². The van der Waals surface area contributed by atoms with Crippen LogP contribution in [0.5, 0.6) is 0 Å². The number of hydrogen-bond donors (Lipinski definition) is 2. The van der Waals surface area contributed by atoms with E-state index in [-0.39, 0.29) is 24.7 Å². The van der Waals surface area contributed by atoms with Gasteiger partial charge in [0.15, 0.2) is 0 Å². The fraction of sp³-hybridized carbons (Fsp3) is 0.360. The van der Waals surface area contributed by atoms with Crippen LogP contribution in [0.25, 0.3) is 0 Å². The molecule has 8 nitrogen and oxygen atoms in total. The number of imide groups is 2. The third-order valence-corrected chi connectivity index (χ3v) is 6.84. The molecule has 0 radical (unpaired) electrons. The Morgan fingerprint density at radius 1 is 0.727 bits per heavy atom. The normalized spacial score (nSPS) is 25.8. The minimum absolute atomic E-state index is 0.0516. The Labute approximate surface area is 192 Å².